The predicted octanol–water partition coefficient (Wildman–Crippen LogP) is 3.17. The number of aliphatic hydroxyl groups excluding tert-OH is 1. The number of carbonyl (C=O) groups is 1. The van der Waals surface area contributed by atoms with Gasteiger partial charge in [0.05, 0.1) is 23.9 Å². The second-order valence-corrected chi connectivity index (χ2v) is 6.32. The Labute approximate surface area is 136 Å². The van der Waals surface area contributed by atoms with Crippen LogP contribution in [0.3, 0.4) is 0 Å². The first-order valence-corrected chi connectivity index (χ1v) is 8.15. The quantitative estimate of drug-likeness (QED) is 0.895. The average Bonchev–Trinajstić information content (AvgIpc) is 2.55. The van der Waals surface area contributed by atoms with E-state index in [0.29, 0.717) is 18.2 Å². The molecule has 5 nitrogen and oxygen atoms in total. The normalized spacial score (nSPS) is 21.4. The van der Waals surface area contributed by atoms with Gasteiger partial charge in [-0.15, -0.1) is 0 Å². The van der Waals surface area contributed by atoms with Crippen LogP contribution in [0.25, 0.3) is 10.9 Å². The summed E-state index contributed by atoms with van der Waals surface area (Å²) in [4.78, 5) is 19.0. The summed E-state index contributed by atoms with van der Waals surface area (Å²) >= 11 is 0. The average molecular weight is 313 g/mol. The van der Waals surface area contributed by atoms with Crippen LogP contribution < -0.4 is 5.32 Å². The molecule has 1 aromatic carbocycles. The third-order valence-corrected chi connectivity index (χ3v) is 4.66. The number of nitrogens with one attached hydrogen (secondary N) is 1. The van der Waals surface area contributed by atoms with Crippen molar-refractivity contribution in [1.82, 2.24) is 9.88 Å². The Kier molecular flexibility index (Phi) is 4.48. The fourth-order valence-electron chi connectivity index (χ4n) is 3.31. The predicted molar refractivity (Wildman–Crippen MR) is 91.5 cm³/mol. The highest BCUT2D eigenvalue weighted by molar-refractivity contribution is 5.99. The lowest BCUT2D eigenvalue weighted by Gasteiger charge is -2.38. The zero-order valence-electron chi connectivity index (χ0n) is 13.6. The van der Waals surface area contributed by atoms with Gasteiger partial charge in [0, 0.05) is 17.6 Å². The second-order valence-electron chi connectivity index (χ2n) is 6.32. The molecule has 0 saturated carbocycles. The molecule has 1 fully saturated rings. The third kappa shape index (κ3) is 3.15. The minimum absolute atomic E-state index is 0.00147. The van der Waals surface area contributed by atoms with Crippen molar-refractivity contribution >= 4 is 22.6 Å². The van der Waals surface area contributed by atoms with E-state index in [9.17, 15) is 9.90 Å². The van der Waals surface area contributed by atoms with Gasteiger partial charge in [0.25, 0.3) is 0 Å². The van der Waals surface area contributed by atoms with Crippen molar-refractivity contribution in [2.75, 3.05) is 18.5 Å². The van der Waals surface area contributed by atoms with Crippen molar-refractivity contribution < 1.29 is 9.90 Å². The van der Waals surface area contributed by atoms with E-state index in [2.05, 4.69) is 17.2 Å². The summed E-state index contributed by atoms with van der Waals surface area (Å²) in [7, 11) is 0. The molecule has 122 valence electrons. The Morgan fingerprint density at radius 2 is 2.22 bits per heavy atom. The zero-order chi connectivity index (χ0) is 16.4. The molecule has 1 aliphatic rings. The maximum atomic E-state index is 12.7. The van der Waals surface area contributed by atoms with Crippen molar-refractivity contribution in [2.24, 2.45) is 5.92 Å². The number of hydrogen-bond acceptors (Lipinski definition) is 3. The van der Waals surface area contributed by atoms with Gasteiger partial charge in [0.1, 0.15) is 0 Å². The summed E-state index contributed by atoms with van der Waals surface area (Å²) in [5.41, 5.74) is 2.43. The van der Waals surface area contributed by atoms with E-state index in [4.69, 9.17) is 0 Å². The molecule has 1 aromatic heterocycles. The van der Waals surface area contributed by atoms with Crippen LogP contribution in [0.2, 0.25) is 0 Å². The molecular formula is C18H23N3O2. The highest BCUT2D eigenvalue weighted by Gasteiger charge is 2.31. The number of benzene rings is 1. The van der Waals surface area contributed by atoms with E-state index >= 15 is 0 Å². The molecule has 2 unspecified atom stereocenters. The molecular weight excluding hydrogens is 290 g/mol. The monoisotopic (exact) mass is 313 g/mol. The number of anilines is 1. The van der Waals surface area contributed by atoms with Crippen LogP contribution in [0.4, 0.5) is 10.5 Å². The van der Waals surface area contributed by atoms with Crippen LogP contribution in [-0.2, 0) is 0 Å². The Bertz CT molecular complexity index is 716. The number of rotatable bonds is 2. The number of piperidine rings is 1. The number of hydrogen-bond donors (Lipinski definition) is 2. The molecule has 2 N–H and O–H groups in total. The second kappa shape index (κ2) is 6.54. The van der Waals surface area contributed by atoms with Gasteiger partial charge in [0.2, 0.25) is 0 Å². The molecule has 0 radical (unpaired) electrons. The maximum absolute atomic E-state index is 12.7. The van der Waals surface area contributed by atoms with Crippen molar-refractivity contribution in [3.63, 3.8) is 0 Å². The molecule has 0 bridgehead atoms. The van der Waals surface area contributed by atoms with Crippen molar-refractivity contribution in [2.45, 2.75) is 32.7 Å². The van der Waals surface area contributed by atoms with Crippen LogP contribution in [-0.4, -0.2) is 40.2 Å². The van der Waals surface area contributed by atoms with Crippen molar-refractivity contribution in [3.05, 3.63) is 36.0 Å². The number of pyridine rings is 1. The molecule has 2 heterocycles. The minimum atomic E-state index is -0.161. The first-order valence-electron chi connectivity index (χ1n) is 8.15. The first-order chi connectivity index (χ1) is 11.1. The summed E-state index contributed by atoms with van der Waals surface area (Å²) in [6.07, 6.45) is 2.02. The van der Waals surface area contributed by atoms with Gasteiger partial charge in [-0.3, -0.25) is 4.98 Å². The molecule has 3 rings (SSSR count). The summed E-state index contributed by atoms with van der Waals surface area (Å²) in [5, 5.41) is 13.6. The van der Waals surface area contributed by atoms with Crippen molar-refractivity contribution in [1.29, 1.82) is 0 Å². The number of aliphatic hydroxyl groups is 1. The minimum Gasteiger partial charge on any atom is -0.394 e. The van der Waals surface area contributed by atoms with Crippen LogP contribution in [0.1, 0.15) is 25.5 Å². The van der Waals surface area contributed by atoms with E-state index in [1.54, 1.807) is 4.90 Å². The molecule has 2 aromatic rings. The van der Waals surface area contributed by atoms with E-state index in [0.717, 1.165) is 29.4 Å². The fourth-order valence-corrected chi connectivity index (χ4v) is 3.31. The maximum Gasteiger partial charge on any atom is 0.322 e. The highest BCUT2D eigenvalue weighted by Crippen LogP contribution is 2.26. The number of likely N-dealkylation sites (tertiary alicyclic amines) is 1. The number of aryl methyl sites for hydroxylation is 1. The SMILES string of the molecule is Cc1ccc2cccc(NC(=O)N3CCCC(C)C3CO)c2n1. The molecule has 23 heavy (non-hydrogen) atoms. The lowest BCUT2D eigenvalue weighted by Crippen LogP contribution is -2.51. The van der Waals surface area contributed by atoms with Crippen LogP contribution in [0.15, 0.2) is 30.3 Å². The van der Waals surface area contributed by atoms with Crippen LogP contribution in [0, 0.1) is 12.8 Å². The van der Waals surface area contributed by atoms with Crippen LogP contribution >= 0.6 is 0 Å². The topological polar surface area (TPSA) is 65.5 Å². The van der Waals surface area contributed by atoms with Gasteiger partial charge in [-0.05, 0) is 37.8 Å². The van der Waals surface area contributed by atoms with Gasteiger partial charge in [-0.2, -0.15) is 0 Å². The lowest BCUT2D eigenvalue weighted by atomic mass is 9.91. The van der Waals surface area contributed by atoms with Gasteiger partial charge in [-0.1, -0.05) is 25.1 Å². The standard InChI is InChI=1S/C18H23N3O2/c1-12-5-4-10-21(16(12)11-22)18(23)20-15-7-3-6-14-9-8-13(2)19-17(14)15/h3,6-9,12,16,22H,4-5,10-11H2,1-2H3,(H,20,23). The number of aromatic nitrogens is 1. The Hall–Kier alpha value is -2.14. The highest BCUT2D eigenvalue weighted by atomic mass is 16.3. The van der Waals surface area contributed by atoms with Gasteiger partial charge >= 0.3 is 6.03 Å². The largest absolute Gasteiger partial charge is 0.394 e. The number of fused-ring (bicyclic) bond motifs is 1. The Morgan fingerprint density at radius 3 is 3.00 bits per heavy atom. The Balaban J connectivity index is 1.86. The molecule has 2 amide bonds. The first kappa shape index (κ1) is 15.7. The summed E-state index contributed by atoms with van der Waals surface area (Å²) in [6, 6.07) is 9.46. The summed E-state index contributed by atoms with van der Waals surface area (Å²) in [5.74, 6) is 0.312. The van der Waals surface area contributed by atoms with Gasteiger partial charge in [0.15, 0.2) is 0 Å². The van der Waals surface area contributed by atoms with Crippen molar-refractivity contribution in [3.8, 4) is 0 Å². The molecule has 1 aliphatic heterocycles. The molecule has 2 atom stereocenters. The van der Waals surface area contributed by atoms with E-state index in [1.807, 2.05) is 37.3 Å². The number of urea groups is 1. The van der Waals surface area contributed by atoms with E-state index < -0.39 is 0 Å². The van der Waals surface area contributed by atoms with Gasteiger partial charge < -0.3 is 15.3 Å². The number of carbonyl (C=O) groups excluding carboxylic acids is 1. The number of para-hydroxylation sites is 1. The zero-order valence-corrected chi connectivity index (χ0v) is 13.6. The number of amides is 2. The summed E-state index contributed by atoms with van der Waals surface area (Å²) in [6.45, 7) is 4.70. The lowest BCUT2D eigenvalue weighted by molar-refractivity contribution is 0.0811. The smallest absolute Gasteiger partial charge is 0.322 e. The molecule has 5 heteroatoms. The summed E-state index contributed by atoms with van der Waals surface area (Å²) < 4.78 is 0. The molecule has 0 aliphatic carbocycles. The fraction of sp³-hybridized carbons (Fsp3) is 0.444. The Morgan fingerprint density at radius 1 is 1.39 bits per heavy atom. The van der Waals surface area contributed by atoms with E-state index in [-0.39, 0.29) is 18.7 Å². The van der Waals surface area contributed by atoms with Gasteiger partial charge in [-0.25, -0.2) is 4.79 Å². The third-order valence-electron chi connectivity index (χ3n) is 4.66. The van der Waals surface area contributed by atoms with Crippen LogP contribution in [0.5, 0.6) is 0 Å². The van der Waals surface area contributed by atoms with E-state index in [1.165, 1.54) is 0 Å². The number of nitrogens with zero attached hydrogens (tertiary/aromatic N) is 2. The molecule has 0 spiro atoms. The molecule has 1 saturated heterocycles.